The zero-order valence-electron chi connectivity index (χ0n) is 8.01. The highest BCUT2D eigenvalue weighted by Crippen LogP contribution is 2.19. The van der Waals surface area contributed by atoms with E-state index < -0.39 is 0 Å². The first kappa shape index (κ1) is 9.26. The van der Waals surface area contributed by atoms with Crippen LogP contribution in [-0.4, -0.2) is 15.7 Å². The van der Waals surface area contributed by atoms with Crippen LogP contribution in [0.1, 0.15) is 0 Å². The van der Waals surface area contributed by atoms with Gasteiger partial charge in [-0.05, 0) is 0 Å². The van der Waals surface area contributed by atoms with Crippen molar-refractivity contribution in [2.45, 2.75) is 0 Å². The minimum Gasteiger partial charge on any atom is -0.383 e. The minimum absolute atomic E-state index is 0.185. The zero-order chi connectivity index (χ0) is 10.8. The van der Waals surface area contributed by atoms with E-state index in [1.54, 1.807) is 6.07 Å². The molecular weight excluding hydrogens is 190 g/mol. The number of rotatable bonds is 1. The van der Waals surface area contributed by atoms with E-state index in [0.29, 0.717) is 11.5 Å². The van der Waals surface area contributed by atoms with Crippen LogP contribution in [-0.2, 0) is 0 Å². The van der Waals surface area contributed by atoms with E-state index in [1.165, 1.54) is 4.68 Å². The molecule has 5 nitrogen and oxygen atoms in total. The van der Waals surface area contributed by atoms with Crippen LogP contribution in [0.3, 0.4) is 0 Å². The van der Waals surface area contributed by atoms with Gasteiger partial charge in [-0.15, -0.1) is 0 Å². The first-order chi connectivity index (χ1) is 7.18. The van der Waals surface area contributed by atoms with E-state index in [9.17, 15) is 0 Å². The Morgan fingerprint density at radius 2 is 1.93 bits per heavy atom. The molecule has 0 atom stereocenters. The van der Waals surface area contributed by atoms with Gasteiger partial charge in [-0.25, -0.2) is 0 Å². The number of benzene rings is 1. The van der Waals surface area contributed by atoms with Crippen LogP contribution < -0.4 is 11.5 Å². The molecule has 1 aromatic carbocycles. The first-order valence-corrected chi connectivity index (χ1v) is 4.44. The Hall–Kier alpha value is -2.30. The second kappa shape index (κ2) is 3.45. The number of hydrogen-bond acceptors (Lipinski definition) is 3. The number of nitrogens with one attached hydrogen (secondary N) is 1. The standard InChI is InChI=1S/C10H11N5/c11-9-6-8(14-15(9)10(12)13)7-4-2-1-3-5-7/h1-6H,11H2,(H3,12,13). The molecule has 0 spiro atoms. The SMILES string of the molecule is N=C(N)n1nc(-c2ccccc2)cc1N. The summed E-state index contributed by atoms with van der Waals surface area (Å²) in [5, 5.41) is 11.4. The van der Waals surface area contributed by atoms with Gasteiger partial charge in [0.1, 0.15) is 5.82 Å². The predicted octanol–water partition coefficient (Wildman–Crippen LogP) is 0.874. The zero-order valence-corrected chi connectivity index (χ0v) is 8.01. The lowest BCUT2D eigenvalue weighted by molar-refractivity contribution is 0.925. The predicted molar refractivity (Wildman–Crippen MR) is 59.4 cm³/mol. The van der Waals surface area contributed by atoms with Crippen LogP contribution in [0.4, 0.5) is 5.82 Å². The van der Waals surface area contributed by atoms with Crippen molar-refractivity contribution < 1.29 is 0 Å². The lowest BCUT2D eigenvalue weighted by Crippen LogP contribution is -2.23. The molecule has 0 radical (unpaired) electrons. The number of nitrogens with zero attached hydrogens (tertiary/aromatic N) is 2. The fourth-order valence-electron chi connectivity index (χ4n) is 1.34. The van der Waals surface area contributed by atoms with Gasteiger partial charge in [-0.3, -0.25) is 5.41 Å². The summed E-state index contributed by atoms with van der Waals surface area (Å²) >= 11 is 0. The van der Waals surface area contributed by atoms with Gasteiger partial charge in [0.05, 0.1) is 5.69 Å². The van der Waals surface area contributed by atoms with E-state index in [1.807, 2.05) is 30.3 Å². The Morgan fingerprint density at radius 1 is 1.27 bits per heavy atom. The Kier molecular flexibility index (Phi) is 2.13. The highest BCUT2D eigenvalue weighted by atomic mass is 15.4. The number of nitrogen functional groups attached to an aromatic ring is 2. The molecule has 0 saturated heterocycles. The van der Waals surface area contributed by atoms with Crippen molar-refractivity contribution >= 4 is 11.8 Å². The second-order valence-corrected chi connectivity index (χ2v) is 3.12. The summed E-state index contributed by atoms with van der Waals surface area (Å²) in [4.78, 5) is 0. The van der Waals surface area contributed by atoms with Gasteiger partial charge in [0.2, 0.25) is 5.96 Å². The highest BCUT2D eigenvalue weighted by Gasteiger charge is 2.07. The lowest BCUT2D eigenvalue weighted by Gasteiger charge is -1.98. The van der Waals surface area contributed by atoms with Crippen molar-refractivity contribution in [3.05, 3.63) is 36.4 Å². The van der Waals surface area contributed by atoms with Gasteiger partial charge < -0.3 is 11.5 Å². The fourth-order valence-corrected chi connectivity index (χ4v) is 1.34. The van der Waals surface area contributed by atoms with Gasteiger partial charge in [0.25, 0.3) is 0 Å². The normalized spacial score (nSPS) is 10.1. The van der Waals surface area contributed by atoms with Gasteiger partial charge in [-0.1, -0.05) is 30.3 Å². The van der Waals surface area contributed by atoms with Crippen LogP contribution >= 0.6 is 0 Å². The maximum atomic E-state index is 7.25. The molecule has 1 aromatic heterocycles. The molecule has 2 aromatic rings. The van der Waals surface area contributed by atoms with E-state index >= 15 is 0 Å². The summed E-state index contributed by atoms with van der Waals surface area (Å²) in [5.74, 6) is 0.177. The van der Waals surface area contributed by atoms with Crippen LogP contribution in [0.5, 0.6) is 0 Å². The fraction of sp³-hybridized carbons (Fsp3) is 0. The van der Waals surface area contributed by atoms with Gasteiger partial charge in [0, 0.05) is 11.6 Å². The summed E-state index contributed by atoms with van der Waals surface area (Å²) in [6.45, 7) is 0. The molecule has 0 saturated carbocycles. The lowest BCUT2D eigenvalue weighted by atomic mass is 10.2. The van der Waals surface area contributed by atoms with Crippen molar-refractivity contribution in [2.24, 2.45) is 5.73 Å². The van der Waals surface area contributed by atoms with Crippen molar-refractivity contribution in [2.75, 3.05) is 5.73 Å². The Labute approximate surface area is 86.8 Å². The summed E-state index contributed by atoms with van der Waals surface area (Å²) in [7, 11) is 0. The summed E-state index contributed by atoms with van der Waals surface area (Å²) in [6, 6.07) is 11.3. The van der Waals surface area contributed by atoms with Crippen LogP contribution in [0, 0.1) is 5.41 Å². The third-order valence-electron chi connectivity index (χ3n) is 2.03. The van der Waals surface area contributed by atoms with Gasteiger partial charge in [-0.2, -0.15) is 9.78 Å². The Balaban J connectivity index is 2.48. The number of aromatic nitrogens is 2. The molecule has 0 unspecified atom stereocenters. The van der Waals surface area contributed by atoms with E-state index in [-0.39, 0.29) is 5.96 Å². The number of nitrogens with two attached hydrogens (primary N) is 2. The van der Waals surface area contributed by atoms with E-state index in [4.69, 9.17) is 16.9 Å². The Morgan fingerprint density at radius 3 is 2.47 bits per heavy atom. The molecule has 5 heteroatoms. The van der Waals surface area contributed by atoms with Crippen molar-refractivity contribution in [3.63, 3.8) is 0 Å². The Bertz CT molecular complexity index is 486. The first-order valence-electron chi connectivity index (χ1n) is 4.44. The number of hydrogen-bond donors (Lipinski definition) is 3. The molecule has 0 aliphatic carbocycles. The summed E-state index contributed by atoms with van der Waals surface area (Å²) in [6.07, 6.45) is 0. The third kappa shape index (κ3) is 1.67. The smallest absolute Gasteiger partial charge is 0.215 e. The van der Waals surface area contributed by atoms with Gasteiger partial charge >= 0.3 is 0 Å². The van der Waals surface area contributed by atoms with Crippen molar-refractivity contribution in [1.29, 1.82) is 5.41 Å². The molecule has 5 N–H and O–H groups in total. The minimum atomic E-state index is -0.185. The highest BCUT2D eigenvalue weighted by molar-refractivity contribution is 5.81. The quantitative estimate of drug-likeness (QED) is 0.472. The molecule has 15 heavy (non-hydrogen) atoms. The van der Waals surface area contributed by atoms with Gasteiger partial charge in [0.15, 0.2) is 0 Å². The molecular formula is C10H11N5. The number of anilines is 1. The average Bonchev–Trinajstić information content (AvgIpc) is 2.62. The molecule has 0 aliphatic heterocycles. The molecule has 0 bridgehead atoms. The van der Waals surface area contributed by atoms with Crippen molar-refractivity contribution in [1.82, 2.24) is 9.78 Å². The third-order valence-corrected chi connectivity index (χ3v) is 2.03. The molecule has 76 valence electrons. The van der Waals surface area contributed by atoms with E-state index in [2.05, 4.69) is 5.10 Å². The summed E-state index contributed by atoms with van der Waals surface area (Å²) in [5.41, 5.74) is 12.6. The topological polar surface area (TPSA) is 93.7 Å². The molecule has 2 rings (SSSR count). The van der Waals surface area contributed by atoms with Crippen LogP contribution in [0.2, 0.25) is 0 Å². The molecule has 0 aliphatic rings. The maximum Gasteiger partial charge on any atom is 0.215 e. The van der Waals surface area contributed by atoms with E-state index in [0.717, 1.165) is 5.56 Å². The second-order valence-electron chi connectivity index (χ2n) is 3.12. The van der Waals surface area contributed by atoms with Crippen LogP contribution in [0.15, 0.2) is 36.4 Å². The average molecular weight is 201 g/mol. The molecule has 0 fully saturated rings. The maximum absolute atomic E-state index is 7.25. The van der Waals surface area contributed by atoms with Crippen molar-refractivity contribution in [3.8, 4) is 11.3 Å². The monoisotopic (exact) mass is 201 g/mol. The molecule has 1 heterocycles. The largest absolute Gasteiger partial charge is 0.383 e. The summed E-state index contributed by atoms with van der Waals surface area (Å²) < 4.78 is 1.20. The molecule has 0 amide bonds. The van der Waals surface area contributed by atoms with Crippen LogP contribution in [0.25, 0.3) is 11.3 Å².